The number of hydrogen-bond acceptors (Lipinski definition) is 3. The molecule has 0 radical (unpaired) electrons. The van der Waals surface area contributed by atoms with Crippen LogP contribution in [0.2, 0.25) is 0 Å². The number of rotatable bonds is 4. The number of imidazole rings is 1. The first-order chi connectivity index (χ1) is 11.7. The number of hydrogen-bond donors (Lipinski definition) is 2. The molecular weight excluding hydrogens is 306 g/mol. The number of nitrogens with one attached hydrogen (secondary N) is 2. The number of benzene rings is 2. The van der Waals surface area contributed by atoms with E-state index in [-0.39, 0.29) is 24.1 Å². The van der Waals surface area contributed by atoms with Crippen LogP contribution in [0.1, 0.15) is 18.0 Å². The van der Waals surface area contributed by atoms with Crippen LogP contribution in [0.4, 0.5) is 0 Å². The van der Waals surface area contributed by atoms with Crippen molar-refractivity contribution in [3.8, 4) is 5.75 Å². The number of amides is 1. The summed E-state index contributed by atoms with van der Waals surface area (Å²) < 4.78 is 7.16. The Labute approximate surface area is 138 Å². The lowest BCUT2D eigenvalue weighted by Crippen LogP contribution is -2.31. The fourth-order valence-corrected chi connectivity index (χ4v) is 3.09. The molecule has 1 atom stereocenters. The number of ether oxygens (including phenoxy) is 1. The number of aryl methyl sites for hydroxylation is 1. The van der Waals surface area contributed by atoms with Crippen molar-refractivity contribution in [2.45, 2.75) is 19.0 Å². The van der Waals surface area contributed by atoms with Crippen molar-refractivity contribution in [1.29, 1.82) is 0 Å². The molecule has 122 valence electrons. The summed E-state index contributed by atoms with van der Waals surface area (Å²) in [6, 6.07) is 15.0. The smallest absolute Gasteiger partial charge is 0.326 e. The quantitative estimate of drug-likeness (QED) is 0.771. The van der Waals surface area contributed by atoms with E-state index < -0.39 is 0 Å². The van der Waals surface area contributed by atoms with Crippen molar-refractivity contribution in [2.75, 3.05) is 6.61 Å². The van der Waals surface area contributed by atoms with Gasteiger partial charge in [0.05, 0.1) is 17.1 Å². The third kappa shape index (κ3) is 2.56. The standard InChI is InChI=1S/C18H17N3O3/c22-17(19-14-11-24-16-8-4-1-5-12(14)16)9-10-21-15-7-3-2-6-13(15)20-18(21)23/h1-8,14H,9-11H2,(H,19,22)(H,20,23)/t14-/m1/s1. The van der Waals surface area contributed by atoms with E-state index in [1.807, 2.05) is 48.5 Å². The van der Waals surface area contributed by atoms with Crippen molar-refractivity contribution in [3.63, 3.8) is 0 Å². The summed E-state index contributed by atoms with van der Waals surface area (Å²) in [5, 5.41) is 2.98. The molecule has 24 heavy (non-hydrogen) atoms. The van der Waals surface area contributed by atoms with Gasteiger partial charge in [0.15, 0.2) is 0 Å². The zero-order valence-electron chi connectivity index (χ0n) is 13.0. The molecule has 3 aromatic rings. The highest BCUT2D eigenvalue weighted by molar-refractivity contribution is 5.78. The van der Waals surface area contributed by atoms with Gasteiger partial charge in [-0.25, -0.2) is 4.79 Å². The van der Waals surface area contributed by atoms with Gasteiger partial charge in [0.2, 0.25) is 5.91 Å². The molecule has 1 amide bonds. The molecule has 1 aromatic heterocycles. The van der Waals surface area contributed by atoms with Crippen molar-refractivity contribution in [3.05, 3.63) is 64.6 Å². The number of para-hydroxylation sites is 3. The van der Waals surface area contributed by atoms with Gasteiger partial charge >= 0.3 is 5.69 Å². The van der Waals surface area contributed by atoms with Crippen LogP contribution in [-0.4, -0.2) is 22.1 Å². The summed E-state index contributed by atoms with van der Waals surface area (Å²) in [7, 11) is 0. The van der Waals surface area contributed by atoms with E-state index in [0.29, 0.717) is 13.2 Å². The number of nitrogens with zero attached hydrogens (tertiary/aromatic N) is 1. The number of carbonyl (C=O) groups excluding carboxylic acids is 1. The topological polar surface area (TPSA) is 76.1 Å². The molecule has 6 heteroatoms. The van der Waals surface area contributed by atoms with Gasteiger partial charge in [-0.2, -0.15) is 0 Å². The summed E-state index contributed by atoms with van der Waals surface area (Å²) in [6.45, 7) is 0.780. The summed E-state index contributed by atoms with van der Waals surface area (Å²) in [5.74, 6) is 0.716. The summed E-state index contributed by atoms with van der Waals surface area (Å²) in [5.41, 5.74) is 2.39. The van der Waals surface area contributed by atoms with Gasteiger partial charge in [0.25, 0.3) is 0 Å². The number of aromatic amines is 1. The van der Waals surface area contributed by atoms with Gasteiger partial charge in [0.1, 0.15) is 12.4 Å². The fraction of sp³-hybridized carbons (Fsp3) is 0.222. The first-order valence-corrected chi connectivity index (χ1v) is 7.91. The van der Waals surface area contributed by atoms with Crippen LogP contribution >= 0.6 is 0 Å². The Morgan fingerprint density at radius 3 is 2.92 bits per heavy atom. The van der Waals surface area contributed by atoms with Gasteiger partial charge in [-0.1, -0.05) is 30.3 Å². The van der Waals surface area contributed by atoms with Crippen molar-refractivity contribution < 1.29 is 9.53 Å². The van der Waals surface area contributed by atoms with Crippen molar-refractivity contribution in [2.24, 2.45) is 0 Å². The molecule has 1 aliphatic rings. The molecule has 0 bridgehead atoms. The van der Waals surface area contributed by atoms with Crippen LogP contribution in [0.5, 0.6) is 5.75 Å². The third-order valence-electron chi connectivity index (χ3n) is 4.28. The van der Waals surface area contributed by atoms with E-state index >= 15 is 0 Å². The second-order valence-corrected chi connectivity index (χ2v) is 5.82. The SMILES string of the molecule is O=C(CCn1c(=O)[nH]c2ccccc21)N[C@@H]1COc2ccccc21. The van der Waals surface area contributed by atoms with E-state index in [1.165, 1.54) is 0 Å². The Bertz CT molecular complexity index is 957. The zero-order chi connectivity index (χ0) is 16.5. The molecule has 6 nitrogen and oxygen atoms in total. The monoisotopic (exact) mass is 323 g/mol. The molecule has 2 heterocycles. The maximum atomic E-state index is 12.3. The summed E-state index contributed by atoms with van der Waals surface area (Å²) in [6.07, 6.45) is 0.237. The molecule has 4 rings (SSSR count). The lowest BCUT2D eigenvalue weighted by molar-refractivity contribution is -0.122. The zero-order valence-corrected chi connectivity index (χ0v) is 13.0. The number of H-pyrrole nitrogens is 1. The molecule has 0 unspecified atom stereocenters. The maximum absolute atomic E-state index is 12.3. The lowest BCUT2D eigenvalue weighted by atomic mass is 10.1. The van der Waals surface area contributed by atoms with Crippen LogP contribution in [0.25, 0.3) is 11.0 Å². The van der Waals surface area contributed by atoms with Crippen molar-refractivity contribution in [1.82, 2.24) is 14.9 Å². The number of aromatic nitrogens is 2. The van der Waals surface area contributed by atoms with E-state index in [1.54, 1.807) is 4.57 Å². The van der Waals surface area contributed by atoms with Gasteiger partial charge in [-0.15, -0.1) is 0 Å². The Morgan fingerprint density at radius 1 is 1.21 bits per heavy atom. The Morgan fingerprint density at radius 2 is 2.00 bits per heavy atom. The van der Waals surface area contributed by atoms with Gasteiger partial charge in [-0.05, 0) is 18.2 Å². The van der Waals surface area contributed by atoms with Crippen molar-refractivity contribution >= 4 is 16.9 Å². The molecule has 0 fully saturated rings. The van der Waals surface area contributed by atoms with Crippen LogP contribution < -0.4 is 15.7 Å². The molecule has 0 aliphatic carbocycles. The number of carbonyl (C=O) groups is 1. The largest absolute Gasteiger partial charge is 0.491 e. The first kappa shape index (κ1) is 14.6. The highest BCUT2D eigenvalue weighted by atomic mass is 16.5. The Kier molecular flexibility index (Phi) is 3.57. The summed E-state index contributed by atoms with van der Waals surface area (Å²) in [4.78, 5) is 27.1. The molecule has 1 aliphatic heterocycles. The molecule has 2 aromatic carbocycles. The van der Waals surface area contributed by atoms with Gasteiger partial charge in [0, 0.05) is 18.5 Å². The Balaban J connectivity index is 1.44. The van der Waals surface area contributed by atoms with Crippen LogP contribution in [0.3, 0.4) is 0 Å². The molecule has 0 saturated carbocycles. The average Bonchev–Trinajstić information content (AvgIpc) is 3.14. The predicted molar refractivity (Wildman–Crippen MR) is 90.0 cm³/mol. The maximum Gasteiger partial charge on any atom is 0.326 e. The molecular formula is C18H17N3O3. The minimum absolute atomic E-state index is 0.0996. The second-order valence-electron chi connectivity index (χ2n) is 5.82. The normalized spacial score (nSPS) is 15.9. The van der Waals surface area contributed by atoms with Gasteiger partial charge < -0.3 is 15.0 Å². The van der Waals surface area contributed by atoms with E-state index in [9.17, 15) is 9.59 Å². The van der Waals surface area contributed by atoms with E-state index in [0.717, 1.165) is 22.3 Å². The van der Waals surface area contributed by atoms with E-state index in [4.69, 9.17) is 4.74 Å². The van der Waals surface area contributed by atoms with Crippen LogP contribution in [-0.2, 0) is 11.3 Å². The molecule has 0 spiro atoms. The highest BCUT2D eigenvalue weighted by Crippen LogP contribution is 2.31. The van der Waals surface area contributed by atoms with Gasteiger partial charge in [-0.3, -0.25) is 9.36 Å². The lowest BCUT2D eigenvalue weighted by Gasteiger charge is -2.12. The number of fused-ring (bicyclic) bond motifs is 2. The minimum Gasteiger partial charge on any atom is -0.491 e. The third-order valence-corrected chi connectivity index (χ3v) is 4.28. The Hall–Kier alpha value is -3.02. The first-order valence-electron chi connectivity index (χ1n) is 7.91. The highest BCUT2D eigenvalue weighted by Gasteiger charge is 2.24. The molecule has 0 saturated heterocycles. The van der Waals surface area contributed by atoms with Crippen LogP contribution in [0, 0.1) is 0 Å². The fourth-order valence-electron chi connectivity index (χ4n) is 3.09. The minimum atomic E-state index is -0.196. The summed E-state index contributed by atoms with van der Waals surface area (Å²) >= 11 is 0. The van der Waals surface area contributed by atoms with E-state index in [2.05, 4.69) is 10.3 Å². The predicted octanol–water partition coefficient (Wildman–Crippen LogP) is 1.97. The van der Waals surface area contributed by atoms with Crippen LogP contribution in [0.15, 0.2) is 53.3 Å². The molecule has 2 N–H and O–H groups in total. The second kappa shape index (κ2) is 5.88. The average molecular weight is 323 g/mol.